The summed E-state index contributed by atoms with van der Waals surface area (Å²) in [6.45, 7) is 13.9. The first kappa shape index (κ1) is 20.6. The molecule has 27 heavy (non-hydrogen) atoms. The summed E-state index contributed by atoms with van der Waals surface area (Å²) >= 11 is 0. The second kappa shape index (κ2) is 8.50. The van der Waals surface area contributed by atoms with Crippen molar-refractivity contribution >= 4 is 0 Å². The van der Waals surface area contributed by atoms with E-state index in [0.717, 1.165) is 12.3 Å². The van der Waals surface area contributed by atoms with Gasteiger partial charge in [0, 0.05) is 18.6 Å². The Morgan fingerprint density at radius 2 is 1.78 bits per heavy atom. The molecule has 0 N–H and O–H groups in total. The van der Waals surface area contributed by atoms with Crippen molar-refractivity contribution in [3.63, 3.8) is 0 Å². The largest absolute Gasteiger partial charge is 0.496 e. The monoisotopic (exact) mass is 373 g/mol. The Hall–Kier alpha value is -1.10. The molecule has 0 aliphatic carbocycles. The van der Waals surface area contributed by atoms with Crippen LogP contribution in [0, 0.1) is 6.92 Å². The van der Waals surface area contributed by atoms with Crippen molar-refractivity contribution in [2.45, 2.75) is 58.0 Å². The van der Waals surface area contributed by atoms with Gasteiger partial charge in [-0.1, -0.05) is 19.9 Å². The second-order valence-electron chi connectivity index (χ2n) is 9.19. The molecule has 0 atom stereocenters. The van der Waals surface area contributed by atoms with Gasteiger partial charge in [-0.3, -0.25) is 9.80 Å². The fraction of sp³-hybridized carbons (Fsp3) is 0.739. The van der Waals surface area contributed by atoms with Crippen LogP contribution in [-0.4, -0.2) is 74.2 Å². The number of benzene rings is 1. The maximum atomic E-state index is 5.64. The van der Waals surface area contributed by atoms with Crippen LogP contribution in [0.1, 0.15) is 55.7 Å². The minimum atomic E-state index is 0.351. The van der Waals surface area contributed by atoms with Gasteiger partial charge in [0.1, 0.15) is 5.75 Å². The summed E-state index contributed by atoms with van der Waals surface area (Å²) < 4.78 is 5.64. The first-order valence-corrected chi connectivity index (χ1v) is 10.6. The van der Waals surface area contributed by atoms with E-state index in [0.29, 0.717) is 11.5 Å². The standard InChI is InChI=1S/C23H39N3O/c1-18(2)21-15-20(19(3)14-22(21)27-6)16-26-11-7-10-25(5)23(17-26)8-12-24(4)13-9-23/h14-15,18H,7-13,16-17H2,1-6H3. The van der Waals surface area contributed by atoms with E-state index in [4.69, 9.17) is 4.74 Å². The van der Waals surface area contributed by atoms with Gasteiger partial charge in [0.2, 0.25) is 0 Å². The summed E-state index contributed by atoms with van der Waals surface area (Å²) in [5, 5.41) is 0. The third-order valence-electron chi connectivity index (χ3n) is 6.92. The van der Waals surface area contributed by atoms with Gasteiger partial charge < -0.3 is 9.64 Å². The lowest BCUT2D eigenvalue weighted by Gasteiger charge is -2.47. The lowest BCUT2D eigenvalue weighted by Crippen LogP contribution is -2.57. The first-order valence-electron chi connectivity index (χ1n) is 10.6. The predicted molar refractivity (Wildman–Crippen MR) is 114 cm³/mol. The number of likely N-dealkylation sites (tertiary alicyclic amines) is 1. The van der Waals surface area contributed by atoms with E-state index >= 15 is 0 Å². The molecular weight excluding hydrogens is 334 g/mol. The molecule has 0 aromatic heterocycles. The Kier molecular flexibility index (Phi) is 6.50. The highest BCUT2D eigenvalue weighted by Crippen LogP contribution is 2.33. The van der Waals surface area contributed by atoms with Gasteiger partial charge in [-0.2, -0.15) is 0 Å². The van der Waals surface area contributed by atoms with Crippen molar-refractivity contribution in [1.29, 1.82) is 0 Å². The Morgan fingerprint density at radius 3 is 2.41 bits per heavy atom. The molecule has 1 aromatic rings. The SMILES string of the molecule is COc1cc(C)c(CN2CCCN(C)C3(CCN(C)CC3)C2)cc1C(C)C. The molecule has 4 heteroatoms. The summed E-state index contributed by atoms with van der Waals surface area (Å²) in [6, 6.07) is 4.63. The maximum Gasteiger partial charge on any atom is 0.122 e. The highest BCUT2D eigenvalue weighted by atomic mass is 16.5. The number of aryl methyl sites for hydroxylation is 1. The fourth-order valence-electron chi connectivity index (χ4n) is 4.88. The zero-order valence-corrected chi connectivity index (χ0v) is 18.3. The molecular formula is C23H39N3O. The van der Waals surface area contributed by atoms with Crippen LogP contribution in [0.3, 0.4) is 0 Å². The number of likely N-dealkylation sites (N-methyl/N-ethyl adjacent to an activating group) is 1. The van der Waals surface area contributed by atoms with Crippen molar-refractivity contribution < 1.29 is 4.74 Å². The summed E-state index contributed by atoms with van der Waals surface area (Å²) in [4.78, 5) is 7.87. The van der Waals surface area contributed by atoms with Crippen molar-refractivity contribution in [3.05, 3.63) is 28.8 Å². The molecule has 2 saturated heterocycles. The van der Waals surface area contributed by atoms with Crippen LogP contribution in [0.15, 0.2) is 12.1 Å². The van der Waals surface area contributed by atoms with E-state index in [9.17, 15) is 0 Å². The van der Waals surface area contributed by atoms with E-state index in [1.807, 2.05) is 0 Å². The van der Waals surface area contributed by atoms with E-state index in [-0.39, 0.29) is 0 Å². The molecule has 2 fully saturated rings. The zero-order valence-electron chi connectivity index (χ0n) is 18.3. The number of hydrogen-bond acceptors (Lipinski definition) is 4. The van der Waals surface area contributed by atoms with E-state index in [1.54, 1.807) is 7.11 Å². The Bertz CT molecular complexity index is 635. The van der Waals surface area contributed by atoms with Gasteiger partial charge in [0.05, 0.1) is 7.11 Å². The van der Waals surface area contributed by atoms with Crippen molar-refractivity contribution in [2.75, 3.05) is 53.9 Å². The molecule has 0 unspecified atom stereocenters. The normalized spacial score (nSPS) is 22.3. The summed E-state index contributed by atoms with van der Waals surface area (Å²) in [7, 11) is 6.40. The average molecular weight is 374 g/mol. The van der Waals surface area contributed by atoms with Crippen LogP contribution in [0.25, 0.3) is 0 Å². The number of rotatable bonds is 4. The average Bonchev–Trinajstić information content (AvgIpc) is 2.78. The molecule has 3 rings (SSSR count). The number of ether oxygens (including phenoxy) is 1. The van der Waals surface area contributed by atoms with E-state index < -0.39 is 0 Å². The predicted octanol–water partition coefficient (Wildman–Crippen LogP) is 3.73. The van der Waals surface area contributed by atoms with Crippen LogP contribution in [0.5, 0.6) is 5.75 Å². The third kappa shape index (κ3) is 4.49. The topological polar surface area (TPSA) is 19.0 Å². The molecule has 2 aliphatic heterocycles. The zero-order chi connectivity index (χ0) is 19.6. The third-order valence-corrected chi connectivity index (χ3v) is 6.92. The quantitative estimate of drug-likeness (QED) is 0.800. The lowest BCUT2D eigenvalue weighted by molar-refractivity contribution is 0.0336. The minimum Gasteiger partial charge on any atom is -0.496 e. The minimum absolute atomic E-state index is 0.351. The molecule has 1 spiro atoms. The highest BCUT2D eigenvalue weighted by molar-refractivity contribution is 5.44. The second-order valence-corrected chi connectivity index (χ2v) is 9.19. The molecule has 2 aliphatic rings. The molecule has 0 amide bonds. The van der Waals surface area contributed by atoms with Crippen LogP contribution in [-0.2, 0) is 6.54 Å². The maximum absolute atomic E-state index is 5.64. The van der Waals surface area contributed by atoms with Crippen LogP contribution in [0.2, 0.25) is 0 Å². The molecule has 0 saturated carbocycles. The van der Waals surface area contributed by atoms with Crippen molar-refractivity contribution in [1.82, 2.24) is 14.7 Å². The highest BCUT2D eigenvalue weighted by Gasteiger charge is 2.40. The molecule has 1 aromatic carbocycles. The number of hydrogen-bond donors (Lipinski definition) is 0. The Balaban J connectivity index is 1.81. The van der Waals surface area contributed by atoms with Crippen LogP contribution in [0.4, 0.5) is 0 Å². The molecule has 0 radical (unpaired) electrons. The van der Waals surface area contributed by atoms with E-state index in [2.05, 4.69) is 61.7 Å². The molecule has 152 valence electrons. The summed E-state index contributed by atoms with van der Waals surface area (Å²) in [5.41, 5.74) is 4.50. The van der Waals surface area contributed by atoms with Crippen LogP contribution < -0.4 is 4.74 Å². The first-order chi connectivity index (χ1) is 12.8. The molecule has 2 heterocycles. The summed E-state index contributed by atoms with van der Waals surface area (Å²) in [5.74, 6) is 1.52. The number of nitrogens with zero attached hydrogens (tertiary/aromatic N) is 3. The number of piperidine rings is 1. The van der Waals surface area contributed by atoms with Gasteiger partial charge >= 0.3 is 0 Å². The van der Waals surface area contributed by atoms with Gasteiger partial charge in [-0.15, -0.1) is 0 Å². The Labute approximate surface area is 166 Å². The summed E-state index contributed by atoms with van der Waals surface area (Å²) in [6.07, 6.45) is 3.84. The van der Waals surface area contributed by atoms with Gasteiger partial charge in [0.15, 0.2) is 0 Å². The molecule has 4 nitrogen and oxygen atoms in total. The number of methoxy groups -OCH3 is 1. The lowest BCUT2D eigenvalue weighted by atomic mass is 9.85. The van der Waals surface area contributed by atoms with Gasteiger partial charge in [0.25, 0.3) is 0 Å². The Morgan fingerprint density at radius 1 is 1.07 bits per heavy atom. The van der Waals surface area contributed by atoms with Crippen molar-refractivity contribution in [2.24, 2.45) is 0 Å². The van der Waals surface area contributed by atoms with Crippen molar-refractivity contribution in [3.8, 4) is 5.75 Å². The van der Waals surface area contributed by atoms with E-state index in [1.165, 1.54) is 68.7 Å². The van der Waals surface area contributed by atoms with Gasteiger partial charge in [-0.05, 0) is 95.1 Å². The fourth-order valence-corrected chi connectivity index (χ4v) is 4.88. The van der Waals surface area contributed by atoms with Crippen LogP contribution >= 0.6 is 0 Å². The smallest absolute Gasteiger partial charge is 0.122 e. The molecule has 0 bridgehead atoms. The van der Waals surface area contributed by atoms with Gasteiger partial charge in [-0.25, -0.2) is 0 Å².